The second kappa shape index (κ2) is 19.4. The van der Waals surface area contributed by atoms with Gasteiger partial charge in [-0.25, -0.2) is 15.1 Å². The first kappa shape index (κ1) is 51.4. The number of methoxy groups -OCH3 is 2. The van der Waals surface area contributed by atoms with Crippen LogP contribution in [0.25, 0.3) is 0 Å². The van der Waals surface area contributed by atoms with Crippen LogP contribution in [-0.2, 0) is 74.7 Å². The van der Waals surface area contributed by atoms with E-state index in [1.165, 1.54) is 48.3 Å². The maximum Gasteiger partial charge on any atom is 0.416 e. The minimum absolute atomic E-state index is 0.120. The number of carbonyl (C=O) groups excluding carboxylic acids is 6. The van der Waals surface area contributed by atoms with Crippen LogP contribution in [0.3, 0.4) is 0 Å². The maximum atomic E-state index is 13.2. The van der Waals surface area contributed by atoms with Crippen molar-refractivity contribution < 1.29 is 69.8 Å². The summed E-state index contributed by atoms with van der Waals surface area (Å²) in [7, 11) is 2.69. The number of ether oxygens (including phenoxy) is 2. The molecule has 13 nitrogen and oxygen atoms in total. The molecule has 3 unspecified atom stereocenters. The maximum absolute atomic E-state index is 13.2. The smallest absolute Gasteiger partial charge is 0.416 e. The van der Waals surface area contributed by atoms with Crippen molar-refractivity contribution in [1.82, 2.24) is 10.8 Å². The molecule has 3 fully saturated rings. The molecule has 3 aliphatic heterocycles. The largest absolute Gasteiger partial charge is 0.465 e. The molecule has 4 amide bonds. The molecule has 3 N–H and O–H groups in total. The van der Waals surface area contributed by atoms with E-state index in [0.717, 1.165) is 71.5 Å². The second-order valence-corrected chi connectivity index (χ2v) is 19.7. The van der Waals surface area contributed by atoms with Gasteiger partial charge in [-0.05, 0) is 146 Å². The highest BCUT2D eigenvalue weighted by atomic mass is 19.4. The van der Waals surface area contributed by atoms with Gasteiger partial charge in [-0.3, -0.25) is 24.4 Å². The zero-order valence-electron chi connectivity index (χ0n) is 40.2. The van der Waals surface area contributed by atoms with Crippen LogP contribution in [0.2, 0.25) is 0 Å². The molecule has 0 aromatic heterocycles. The molecule has 19 heteroatoms. The van der Waals surface area contributed by atoms with Crippen LogP contribution in [0, 0.1) is 16.2 Å². The van der Waals surface area contributed by atoms with Crippen molar-refractivity contribution in [3.8, 4) is 0 Å². The number of halogens is 6. The number of carbonyl (C=O) groups is 6. The highest BCUT2D eigenvalue weighted by Gasteiger charge is 2.53. The fourth-order valence-corrected chi connectivity index (χ4v) is 11.7. The number of nitrogens with one attached hydrogen (secondary N) is 2. The molecular formula is C55H50F6N4O9. The topological polar surface area (TPSA) is 172 Å². The minimum atomic E-state index is -4.48. The van der Waals surface area contributed by atoms with Crippen LogP contribution in [0.4, 0.5) is 37.7 Å². The van der Waals surface area contributed by atoms with E-state index in [2.05, 4.69) is 5.32 Å². The number of esters is 2. The number of anilines is 2. The SMILES string of the molecule is COC(=O)c1cccc2c1CC1(CCN(c3cccc(C(F)(F)F)c3)C1=O)C2.COC(=O)c1cccc2c1CC1(CCNC1=O)C2.O=C(NO)c1cccc2c1CC1(CCN(c3cccc(C(F)(F)F)c3)C1=O)C2. The Kier molecular flexibility index (Phi) is 13.5. The third-order valence-corrected chi connectivity index (χ3v) is 15.5. The summed E-state index contributed by atoms with van der Waals surface area (Å²) in [6.45, 7) is 1.40. The van der Waals surface area contributed by atoms with Crippen LogP contribution < -0.4 is 20.6 Å². The van der Waals surface area contributed by atoms with Gasteiger partial charge in [0.05, 0.1) is 52.7 Å². The van der Waals surface area contributed by atoms with Gasteiger partial charge >= 0.3 is 24.3 Å². The molecule has 5 aromatic carbocycles. The summed E-state index contributed by atoms with van der Waals surface area (Å²) < 4.78 is 87.8. The van der Waals surface area contributed by atoms with E-state index in [9.17, 15) is 55.1 Å². The van der Waals surface area contributed by atoms with Gasteiger partial charge in [-0.2, -0.15) is 26.3 Å². The number of hydrogen-bond acceptors (Lipinski definition) is 9. The Morgan fingerprint density at radius 1 is 0.554 bits per heavy atom. The van der Waals surface area contributed by atoms with Crippen LogP contribution in [0.15, 0.2) is 103 Å². The van der Waals surface area contributed by atoms with E-state index in [1.54, 1.807) is 35.8 Å². The third-order valence-electron chi connectivity index (χ3n) is 15.5. The van der Waals surface area contributed by atoms with E-state index in [0.29, 0.717) is 80.3 Å². The molecule has 6 aliphatic rings. The lowest BCUT2D eigenvalue weighted by molar-refractivity contribution is -0.138. The molecule has 0 radical (unpaired) electrons. The highest BCUT2D eigenvalue weighted by Crippen LogP contribution is 2.49. The molecule has 74 heavy (non-hydrogen) atoms. The zero-order chi connectivity index (χ0) is 53.0. The first-order valence-electron chi connectivity index (χ1n) is 23.9. The average molecular weight is 1030 g/mol. The number of hydroxylamine groups is 1. The van der Waals surface area contributed by atoms with Crippen molar-refractivity contribution in [2.75, 3.05) is 43.7 Å². The standard InChI is InChI=1S/C21H18F3NO3.C20H17F3N2O3.C14H15NO3/c1-28-18(26)16-7-2-4-13-11-20(12-17(13)16)8-9-25(19(20)27)15-6-3-5-14(10-15)21(22,23)24;21-20(22,23)13-4-2-5-14(9-13)25-8-7-19(18(25)27)10-12-3-1-6-15(16(12)11-19)17(26)24-28;1-18-12(16)10-4-2-3-9-7-14(8-11(9)10)5-6-15-13(14)17/h2-7,10H,8-9,11-12H2,1H3;1-6,9,28H,7-8,10-11H2,(H,24,26);2-4H,5-8H2,1H3,(H,15,17). The molecule has 0 saturated carbocycles. The Morgan fingerprint density at radius 2 is 0.946 bits per heavy atom. The van der Waals surface area contributed by atoms with E-state index in [1.807, 2.05) is 24.3 Å². The number of nitrogens with zero attached hydrogens (tertiary/aromatic N) is 2. The van der Waals surface area contributed by atoms with Crippen molar-refractivity contribution >= 4 is 46.9 Å². The highest BCUT2D eigenvalue weighted by molar-refractivity contribution is 6.03. The summed E-state index contributed by atoms with van der Waals surface area (Å²) >= 11 is 0. The molecule has 3 aliphatic carbocycles. The first-order chi connectivity index (χ1) is 35.2. The Hall–Kier alpha value is -7.54. The predicted molar refractivity (Wildman–Crippen MR) is 255 cm³/mol. The molecular weight excluding hydrogens is 975 g/mol. The molecule has 0 bridgehead atoms. The Labute approximate surface area is 420 Å². The fourth-order valence-electron chi connectivity index (χ4n) is 11.7. The normalized spacial score (nSPS) is 22.2. The van der Waals surface area contributed by atoms with Gasteiger partial charge in [0.2, 0.25) is 17.7 Å². The monoisotopic (exact) mass is 1020 g/mol. The molecule has 3 spiro atoms. The number of amides is 4. The molecule has 3 saturated heterocycles. The van der Waals surface area contributed by atoms with Crippen molar-refractivity contribution in [3.05, 3.63) is 164 Å². The van der Waals surface area contributed by atoms with Crippen LogP contribution >= 0.6 is 0 Å². The van der Waals surface area contributed by atoms with Crippen LogP contribution in [0.1, 0.15) is 94.8 Å². The van der Waals surface area contributed by atoms with E-state index >= 15 is 0 Å². The third kappa shape index (κ3) is 9.26. The number of alkyl halides is 6. The number of benzene rings is 5. The van der Waals surface area contributed by atoms with Gasteiger partial charge in [-0.1, -0.05) is 48.5 Å². The van der Waals surface area contributed by atoms with Gasteiger partial charge in [0.1, 0.15) is 0 Å². The lowest BCUT2D eigenvalue weighted by Crippen LogP contribution is -2.35. The Bertz CT molecular complexity index is 2970. The lowest BCUT2D eigenvalue weighted by Gasteiger charge is -2.23. The van der Waals surface area contributed by atoms with Gasteiger partial charge in [0, 0.05) is 36.6 Å². The van der Waals surface area contributed by atoms with E-state index in [-0.39, 0.29) is 40.5 Å². The van der Waals surface area contributed by atoms with Crippen LogP contribution in [0.5, 0.6) is 0 Å². The van der Waals surface area contributed by atoms with E-state index < -0.39 is 46.2 Å². The average Bonchev–Trinajstić information content (AvgIpc) is 4.25. The van der Waals surface area contributed by atoms with Crippen molar-refractivity contribution in [2.24, 2.45) is 16.2 Å². The summed E-state index contributed by atoms with van der Waals surface area (Å²) in [4.78, 5) is 77.0. The molecule has 386 valence electrons. The van der Waals surface area contributed by atoms with E-state index in [4.69, 9.17) is 14.7 Å². The van der Waals surface area contributed by atoms with Crippen LogP contribution in [-0.4, -0.2) is 74.6 Å². The molecule has 11 rings (SSSR count). The summed E-state index contributed by atoms with van der Waals surface area (Å²) in [5.74, 6) is -1.72. The summed E-state index contributed by atoms with van der Waals surface area (Å²) in [5.41, 5.74) is 5.41. The first-order valence-corrected chi connectivity index (χ1v) is 23.9. The minimum Gasteiger partial charge on any atom is -0.465 e. The fraction of sp³-hybridized carbons (Fsp3) is 0.345. The Morgan fingerprint density at radius 3 is 1.34 bits per heavy atom. The van der Waals surface area contributed by atoms with Gasteiger partial charge in [-0.15, -0.1) is 0 Å². The van der Waals surface area contributed by atoms with Crippen molar-refractivity contribution in [1.29, 1.82) is 0 Å². The molecule has 5 aromatic rings. The Balaban J connectivity index is 0.000000140. The predicted octanol–water partition coefficient (Wildman–Crippen LogP) is 8.44. The summed E-state index contributed by atoms with van der Waals surface area (Å²) in [5, 5.41) is 11.8. The number of rotatable bonds is 5. The number of hydrogen-bond donors (Lipinski definition) is 3. The summed E-state index contributed by atoms with van der Waals surface area (Å²) in [6, 6.07) is 25.7. The quantitative estimate of drug-likeness (QED) is 0.0677. The van der Waals surface area contributed by atoms with Gasteiger partial charge < -0.3 is 24.6 Å². The molecule has 3 atom stereocenters. The van der Waals surface area contributed by atoms with Gasteiger partial charge in [0.25, 0.3) is 5.91 Å². The van der Waals surface area contributed by atoms with Crippen molar-refractivity contribution in [3.63, 3.8) is 0 Å². The number of fused-ring (bicyclic) bond motifs is 3. The van der Waals surface area contributed by atoms with Gasteiger partial charge in [0.15, 0.2) is 0 Å². The molecule has 3 heterocycles. The summed E-state index contributed by atoms with van der Waals surface area (Å²) in [6.07, 6.45) is -4.09. The van der Waals surface area contributed by atoms with Crippen molar-refractivity contribution in [2.45, 2.75) is 70.1 Å². The lowest BCUT2D eigenvalue weighted by atomic mass is 9.83. The second-order valence-electron chi connectivity index (χ2n) is 19.7. The zero-order valence-corrected chi connectivity index (χ0v) is 40.2.